The highest BCUT2D eigenvalue weighted by Crippen LogP contribution is 2.36. The third kappa shape index (κ3) is 3.90. The molecule has 0 aliphatic heterocycles. The maximum Gasteiger partial charge on any atom is 0.307 e. The first kappa shape index (κ1) is 16.6. The zero-order chi connectivity index (χ0) is 15.6. The summed E-state index contributed by atoms with van der Waals surface area (Å²) >= 11 is 15.4. The summed E-state index contributed by atoms with van der Waals surface area (Å²) in [6.45, 7) is 0. The minimum atomic E-state index is -0.928. The number of benzene rings is 1. The predicted octanol–water partition coefficient (Wildman–Crippen LogP) is 4.59. The van der Waals surface area contributed by atoms with Crippen LogP contribution in [-0.2, 0) is 9.59 Å². The van der Waals surface area contributed by atoms with Crippen molar-refractivity contribution in [3.8, 4) is 0 Å². The van der Waals surface area contributed by atoms with Crippen LogP contribution in [-0.4, -0.2) is 17.0 Å². The number of hydrogen-bond donors (Lipinski definition) is 2. The third-order valence-corrected chi connectivity index (χ3v) is 4.73. The van der Waals surface area contributed by atoms with E-state index in [1.54, 1.807) is 12.1 Å². The van der Waals surface area contributed by atoms with Crippen LogP contribution in [0.25, 0.3) is 0 Å². The second kappa shape index (κ2) is 6.99. The molecule has 1 aliphatic rings. The molecule has 0 radical (unpaired) electrons. The van der Waals surface area contributed by atoms with E-state index >= 15 is 0 Å². The van der Waals surface area contributed by atoms with E-state index in [0.717, 1.165) is 12.8 Å². The van der Waals surface area contributed by atoms with Crippen LogP contribution in [0.3, 0.4) is 0 Å². The monoisotopic (exact) mass is 393 g/mol. The molecule has 0 heterocycles. The molecular formula is C14H14BrCl2NO3. The summed E-state index contributed by atoms with van der Waals surface area (Å²) in [6.07, 6.45) is 2.77. The fourth-order valence-corrected chi connectivity index (χ4v) is 3.92. The Hall–Kier alpha value is -0.780. The first-order valence-electron chi connectivity index (χ1n) is 6.58. The Morgan fingerprint density at radius 2 is 1.67 bits per heavy atom. The smallest absolute Gasteiger partial charge is 0.307 e. The van der Waals surface area contributed by atoms with Gasteiger partial charge in [-0.15, -0.1) is 0 Å². The van der Waals surface area contributed by atoms with Gasteiger partial charge in [0.15, 0.2) is 0 Å². The number of carboxylic acids is 1. The standard InChI is InChI=1S/C14H14BrCl2NO3/c15-7-5-10(16)12(11(17)6-7)18-13(19)8-3-1-2-4-9(8)14(20)21/h5-6,8-9H,1-4H2,(H,18,19)(H,20,21)/t8-,9+/m1/s1. The van der Waals surface area contributed by atoms with Crippen LogP contribution in [0.15, 0.2) is 16.6 Å². The molecule has 7 heteroatoms. The van der Waals surface area contributed by atoms with Gasteiger partial charge in [0.05, 0.1) is 27.6 Å². The van der Waals surface area contributed by atoms with E-state index in [1.165, 1.54) is 0 Å². The maximum atomic E-state index is 12.4. The maximum absolute atomic E-state index is 12.4. The third-order valence-electron chi connectivity index (χ3n) is 3.68. The average molecular weight is 395 g/mol. The van der Waals surface area contributed by atoms with Gasteiger partial charge in [0.2, 0.25) is 5.91 Å². The Morgan fingerprint density at radius 3 is 2.19 bits per heavy atom. The van der Waals surface area contributed by atoms with Crippen LogP contribution >= 0.6 is 39.1 Å². The van der Waals surface area contributed by atoms with Crippen molar-refractivity contribution in [1.82, 2.24) is 0 Å². The number of halogens is 3. The zero-order valence-corrected chi connectivity index (χ0v) is 14.1. The second-order valence-corrected chi connectivity index (χ2v) is 6.80. The van der Waals surface area contributed by atoms with Gasteiger partial charge in [-0.05, 0) is 25.0 Å². The van der Waals surface area contributed by atoms with Gasteiger partial charge in [0.1, 0.15) is 0 Å². The number of anilines is 1. The average Bonchev–Trinajstić information content (AvgIpc) is 2.42. The van der Waals surface area contributed by atoms with Crippen molar-refractivity contribution in [2.45, 2.75) is 25.7 Å². The van der Waals surface area contributed by atoms with Gasteiger partial charge >= 0.3 is 5.97 Å². The van der Waals surface area contributed by atoms with Gasteiger partial charge in [-0.25, -0.2) is 0 Å². The summed E-state index contributed by atoms with van der Waals surface area (Å²) in [5.74, 6) is -2.46. The molecule has 1 aromatic carbocycles. The Labute approximate surface area is 140 Å². The largest absolute Gasteiger partial charge is 0.481 e. The molecule has 0 saturated heterocycles. The molecular weight excluding hydrogens is 381 g/mol. The van der Waals surface area contributed by atoms with E-state index in [0.29, 0.717) is 33.0 Å². The first-order valence-corrected chi connectivity index (χ1v) is 8.13. The number of hydrogen-bond acceptors (Lipinski definition) is 2. The molecule has 1 amide bonds. The van der Waals surface area contributed by atoms with E-state index in [1.807, 2.05) is 0 Å². The Bertz CT molecular complexity index is 556. The van der Waals surface area contributed by atoms with Crippen molar-refractivity contribution in [2.24, 2.45) is 11.8 Å². The van der Waals surface area contributed by atoms with Gasteiger partial charge < -0.3 is 10.4 Å². The van der Waals surface area contributed by atoms with Gasteiger partial charge in [0.25, 0.3) is 0 Å². The molecule has 0 spiro atoms. The summed E-state index contributed by atoms with van der Waals surface area (Å²) in [5.41, 5.74) is 0.321. The summed E-state index contributed by atoms with van der Waals surface area (Å²) in [7, 11) is 0. The highest BCUT2D eigenvalue weighted by atomic mass is 79.9. The molecule has 4 nitrogen and oxygen atoms in total. The number of carboxylic acid groups (broad SMARTS) is 1. The SMILES string of the molecule is O=C(O)[C@H]1CCCC[C@H]1C(=O)Nc1c(Cl)cc(Br)cc1Cl. The summed E-state index contributed by atoms with van der Waals surface area (Å²) in [6, 6.07) is 3.25. The highest BCUT2D eigenvalue weighted by Gasteiger charge is 2.36. The molecule has 0 bridgehead atoms. The van der Waals surface area contributed by atoms with Crippen molar-refractivity contribution in [2.75, 3.05) is 5.32 Å². The zero-order valence-electron chi connectivity index (χ0n) is 11.0. The predicted molar refractivity (Wildman–Crippen MR) is 85.9 cm³/mol. The van der Waals surface area contributed by atoms with Gasteiger partial charge in [-0.2, -0.15) is 0 Å². The fraction of sp³-hybridized carbons (Fsp3) is 0.429. The van der Waals surface area contributed by atoms with Crippen molar-refractivity contribution in [3.05, 3.63) is 26.7 Å². The van der Waals surface area contributed by atoms with Crippen LogP contribution < -0.4 is 5.32 Å². The van der Waals surface area contributed by atoms with Gasteiger partial charge in [0, 0.05) is 4.47 Å². The molecule has 0 aromatic heterocycles. The number of rotatable bonds is 3. The van der Waals surface area contributed by atoms with E-state index in [2.05, 4.69) is 21.2 Å². The van der Waals surface area contributed by atoms with E-state index < -0.39 is 17.8 Å². The van der Waals surface area contributed by atoms with Gasteiger partial charge in [-0.1, -0.05) is 52.0 Å². The highest BCUT2D eigenvalue weighted by molar-refractivity contribution is 9.10. The molecule has 1 aliphatic carbocycles. The lowest BCUT2D eigenvalue weighted by molar-refractivity contribution is -0.147. The number of carbonyl (C=O) groups excluding carboxylic acids is 1. The second-order valence-electron chi connectivity index (χ2n) is 5.07. The minimum absolute atomic E-state index is 0.311. The topological polar surface area (TPSA) is 66.4 Å². The molecule has 2 atom stereocenters. The molecule has 0 unspecified atom stereocenters. The minimum Gasteiger partial charge on any atom is -0.481 e. The van der Waals surface area contributed by atoms with Crippen LogP contribution in [0.4, 0.5) is 5.69 Å². The lowest BCUT2D eigenvalue weighted by atomic mass is 9.78. The fourth-order valence-electron chi connectivity index (χ4n) is 2.62. The molecule has 21 heavy (non-hydrogen) atoms. The van der Waals surface area contributed by atoms with Crippen LogP contribution in [0.5, 0.6) is 0 Å². The van der Waals surface area contributed by atoms with E-state index in [4.69, 9.17) is 23.2 Å². The van der Waals surface area contributed by atoms with E-state index in [-0.39, 0.29) is 5.91 Å². The number of carbonyl (C=O) groups is 2. The van der Waals surface area contributed by atoms with Crippen LogP contribution in [0, 0.1) is 11.8 Å². The molecule has 2 N–H and O–H groups in total. The number of aliphatic carboxylic acids is 1. The van der Waals surface area contributed by atoms with Crippen molar-refractivity contribution < 1.29 is 14.7 Å². The van der Waals surface area contributed by atoms with Crippen LogP contribution in [0.2, 0.25) is 10.0 Å². The Kier molecular flexibility index (Phi) is 5.52. The summed E-state index contributed by atoms with van der Waals surface area (Å²) < 4.78 is 0.705. The molecule has 114 valence electrons. The molecule has 2 rings (SSSR count). The summed E-state index contributed by atoms with van der Waals surface area (Å²) in [4.78, 5) is 23.6. The Balaban J connectivity index is 2.19. The quantitative estimate of drug-likeness (QED) is 0.787. The summed E-state index contributed by atoms with van der Waals surface area (Å²) in [5, 5.41) is 12.5. The molecule has 1 fully saturated rings. The normalized spacial score (nSPS) is 21.9. The van der Waals surface area contributed by atoms with Crippen LogP contribution in [0.1, 0.15) is 25.7 Å². The number of nitrogens with one attached hydrogen (secondary N) is 1. The molecule has 1 saturated carbocycles. The number of amides is 1. The lowest BCUT2D eigenvalue weighted by Gasteiger charge is -2.27. The first-order chi connectivity index (χ1) is 9.90. The molecule has 1 aromatic rings. The van der Waals surface area contributed by atoms with Gasteiger partial charge in [-0.3, -0.25) is 9.59 Å². The van der Waals surface area contributed by atoms with Crippen molar-refractivity contribution in [3.63, 3.8) is 0 Å². The lowest BCUT2D eigenvalue weighted by Crippen LogP contribution is -2.36. The van der Waals surface area contributed by atoms with Crippen molar-refractivity contribution >= 4 is 56.7 Å². The van der Waals surface area contributed by atoms with Crippen molar-refractivity contribution in [1.29, 1.82) is 0 Å². The van der Waals surface area contributed by atoms with E-state index in [9.17, 15) is 14.7 Å². The Morgan fingerprint density at radius 1 is 1.14 bits per heavy atom.